The molecule has 0 aromatic heterocycles. The fourth-order valence-corrected chi connectivity index (χ4v) is 3.23. The number of nitrogens with zero attached hydrogens (tertiary/aromatic N) is 2. The minimum atomic E-state index is -0.344. The van der Waals surface area contributed by atoms with Crippen molar-refractivity contribution >= 4 is 29.5 Å². The Bertz CT molecular complexity index is 760. The van der Waals surface area contributed by atoms with Gasteiger partial charge in [0.15, 0.2) is 0 Å². The van der Waals surface area contributed by atoms with Crippen molar-refractivity contribution in [2.45, 2.75) is 12.6 Å². The van der Waals surface area contributed by atoms with Crippen LogP contribution in [-0.2, 0) is 6.54 Å². The van der Waals surface area contributed by atoms with Gasteiger partial charge in [0, 0.05) is 50.9 Å². The van der Waals surface area contributed by atoms with Gasteiger partial charge in [0.05, 0.1) is 11.0 Å². The Labute approximate surface area is 164 Å². The molecule has 0 amide bonds. The van der Waals surface area contributed by atoms with Crippen molar-refractivity contribution in [1.29, 1.82) is 0 Å². The first-order chi connectivity index (χ1) is 12.6. The van der Waals surface area contributed by atoms with Crippen LogP contribution in [0.4, 0.5) is 17.1 Å². The summed E-state index contributed by atoms with van der Waals surface area (Å²) >= 11 is 0. The van der Waals surface area contributed by atoms with E-state index >= 15 is 0 Å². The largest absolute Gasteiger partial charge is 0.391 e. The molecule has 0 saturated carbocycles. The molecule has 3 rings (SSSR count). The first-order valence-corrected chi connectivity index (χ1v) is 8.72. The number of halogens is 1. The molecule has 1 saturated heterocycles. The number of benzene rings is 2. The van der Waals surface area contributed by atoms with E-state index in [9.17, 15) is 15.2 Å². The highest BCUT2D eigenvalue weighted by molar-refractivity contribution is 5.85. The van der Waals surface area contributed by atoms with E-state index in [1.807, 2.05) is 48.3 Å². The van der Waals surface area contributed by atoms with Crippen molar-refractivity contribution in [3.63, 3.8) is 0 Å². The SMILES string of the molecule is CN(c1ccccc1)c1ccc(CNCC2CNCC2O)cc1[N+](=O)[O-].Cl. The second kappa shape index (κ2) is 9.66. The highest BCUT2D eigenvalue weighted by atomic mass is 35.5. The van der Waals surface area contributed by atoms with Gasteiger partial charge in [-0.1, -0.05) is 24.3 Å². The maximum Gasteiger partial charge on any atom is 0.293 e. The molecular formula is C19H25ClN4O3. The Morgan fingerprint density at radius 2 is 2.00 bits per heavy atom. The second-order valence-electron chi connectivity index (χ2n) is 6.59. The van der Waals surface area contributed by atoms with Crippen LogP contribution < -0.4 is 15.5 Å². The smallest absolute Gasteiger partial charge is 0.293 e. The second-order valence-corrected chi connectivity index (χ2v) is 6.59. The van der Waals surface area contributed by atoms with E-state index in [0.29, 0.717) is 25.3 Å². The Morgan fingerprint density at radius 1 is 1.26 bits per heavy atom. The number of β-amino-alcohol motifs (C(OH)–C–C–N with tert-alkyl or cyclic N) is 1. The summed E-state index contributed by atoms with van der Waals surface area (Å²) in [5.41, 5.74) is 2.38. The zero-order valence-corrected chi connectivity index (χ0v) is 16.0. The average Bonchev–Trinajstić information content (AvgIpc) is 3.06. The molecule has 146 valence electrons. The van der Waals surface area contributed by atoms with E-state index < -0.39 is 0 Å². The van der Waals surface area contributed by atoms with Gasteiger partial charge < -0.3 is 20.6 Å². The molecule has 0 bridgehead atoms. The molecule has 0 aliphatic carbocycles. The average molecular weight is 393 g/mol. The summed E-state index contributed by atoms with van der Waals surface area (Å²) in [4.78, 5) is 13.0. The van der Waals surface area contributed by atoms with Crippen molar-refractivity contribution in [2.24, 2.45) is 5.92 Å². The summed E-state index contributed by atoms with van der Waals surface area (Å²) in [7, 11) is 1.82. The molecule has 27 heavy (non-hydrogen) atoms. The van der Waals surface area contributed by atoms with Gasteiger partial charge in [-0.15, -0.1) is 12.4 Å². The minimum absolute atomic E-state index is 0. The summed E-state index contributed by atoms with van der Waals surface area (Å²) in [5, 5.41) is 27.8. The van der Waals surface area contributed by atoms with Gasteiger partial charge in [-0.25, -0.2) is 0 Å². The normalized spacial score (nSPS) is 18.7. The Kier molecular flexibility index (Phi) is 7.55. The van der Waals surface area contributed by atoms with Gasteiger partial charge in [-0.05, 0) is 23.8 Å². The van der Waals surface area contributed by atoms with Gasteiger partial charge in [0.25, 0.3) is 5.69 Å². The first kappa shape index (κ1) is 21.1. The van der Waals surface area contributed by atoms with Gasteiger partial charge >= 0.3 is 0 Å². The molecule has 2 aromatic carbocycles. The fourth-order valence-electron chi connectivity index (χ4n) is 3.23. The molecule has 2 atom stereocenters. The van der Waals surface area contributed by atoms with Crippen LogP contribution >= 0.6 is 12.4 Å². The number of para-hydroxylation sites is 1. The Balaban J connectivity index is 0.00000261. The topological polar surface area (TPSA) is 90.7 Å². The highest BCUT2D eigenvalue weighted by Crippen LogP contribution is 2.33. The summed E-state index contributed by atoms with van der Waals surface area (Å²) in [6, 6.07) is 14.9. The number of nitro groups is 1. The zero-order chi connectivity index (χ0) is 18.5. The lowest BCUT2D eigenvalue weighted by Crippen LogP contribution is -2.30. The molecule has 3 N–H and O–H groups in total. The monoisotopic (exact) mass is 392 g/mol. The van der Waals surface area contributed by atoms with Crippen LogP contribution in [0.15, 0.2) is 48.5 Å². The van der Waals surface area contributed by atoms with Crippen molar-refractivity contribution < 1.29 is 10.0 Å². The molecule has 7 nitrogen and oxygen atoms in total. The molecule has 8 heteroatoms. The van der Waals surface area contributed by atoms with Gasteiger partial charge in [0.1, 0.15) is 5.69 Å². The molecule has 0 radical (unpaired) electrons. The van der Waals surface area contributed by atoms with E-state index in [0.717, 1.165) is 17.8 Å². The lowest BCUT2D eigenvalue weighted by Gasteiger charge is -2.20. The number of aliphatic hydroxyl groups excluding tert-OH is 1. The third-order valence-corrected chi connectivity index (χ3v) is 4.78. The highest BCUT2D eigenvalue weighted by Gasteiger charge is 2.24. The van der Waals surface area contributed by atoms with Crippen LogP contribution in [0.5, 0.6) is 0 Å². The van der Waals surface area contributed by atoms with E-state index in [1.165, 1.54) is 0 Å². The molecule has 0 spiro atoms. The number of anilines is 2. The standard InChI is InChI=1S/C19H24N4O3.ClH/c1-22(16-5-3-2-4-6-16)17-8-7-14(9-18(17)23(25)26)10-20-11-15-12-21-13-19(15)24;/h2-9,15,19-21,24H,10-13H2,1H3;1H. The van der Waals surface area contributed by atoms with Gasteiger partial charge in [-0.3, -0.25) is 10.1 Å². The molecule has 1 heterocycles. The fraction of sp³-hybridized carbons (Fsp3) is 0.368. The van der Waals surface area contributed by atoms with Crippen molar-refractivity contribution in [3.05, 3.63) is 64.2 Å². The first-order valence-electron chi connectivity index (χ1n) is 8.72. The van der Waals surface area contributed by atoms with Gasteiger partial charge in [-0.2, -0.15) is 0 Å². The summed E-state index contributed by atoms with van der Waals surface area (Å²) in [6.07, 6.45) is -0.335. The van der Waals surface area contributed by atoms with Crippen molar-refractivity contribution in [2.75, 3.05) is 31.6 Å². The minimum Gasteiger partial charge on any atom is -0.391 e. The zero-order valence-electron chi connectivity index (χ0n) is 15.2. The van der Waals surface area contributed by atoms with E-state index in [2.05, 4.69) is 10.6 Å². The quantitative estimate of drug-likeness (QED) is 0.495. The molecule has 1 fully saturated rings. The van der Waals surface area contributed by atoms with E-state index in [1.54, 1.807) is 12.1 Å². The third kappa shape index (κ3) is 5.17. The van der Waals surface area contributed by atoms with Crippen LogP contribution in [0, 0.1) is 16.0 Å². The number of nitrogens with one attached hydrogen (secondary N) is 2. The van der Waals surface area contributed by atoms with Crippen LogP contribution in [0.2, 0.25) is 0 Å². The third-order valence-electron chi connectivity index (χ3n) is 4.78. The number of nitro benzene ring substituents is 1. The van der Waals surface area contributed by atoms with Crippen LogP contribution in [0.25, 0.3) is 0 Å². The van der Waals surface area contributed by atoms with Crippen molar-refractivity contribution in [1.82, 2.24) is 10.6 Å². The predicted molar refractivity (Wildman–Crippen MR) is 109 cm³/mol. The van der Waals surface area contributed by atoms with Crippen LogP contribution in [-0.4, -0.2) is 42.8 Å². The van der Waals surface area contributed by atoms with Crippen LogP contribution in [0.3, 0.4) is 0 Å². The summed E-state index contributed by atoms with van der Waals surface area (Å²) in [5.74, 6) is 0.175. The molecule has 1 aliphatic heterocycles. The molecule has 1 aliphatic rings. The molecule has 2 aromatic rings. The maximum atomic E-state index is 11.6. The van der Waals surface area contributed by atoms with Crippen LogP contribution in [0.1, 0.15) is 5.56 Å². The van der Waals surface area contributed by atoms with E-state index in [-0.39, 0.29) is 35.0 Å². The van der Waals surface area contributed by atoms with Crippen molar-refractivity contribution in [3.8, 4) is 0 Å². The lowest BCUT2D eigenvalue weighted by atomic mass is 10.1. The molecule has 2 unspecified atom stereocenters. The lowest BCUT2D eigenvalue weighted by molar-refractivity contribution is -0.384. The predicted octanol–water partition coefficient (Wildman–Crippen LogP) is 2.45. The number of rotatable bonds is 7. The Hall–Kier alpha value is -2.19. The summed E-state index contributed by atoms with van der Waals surface area (Å²) < 4.78 is 0. The summed E-state index contributed by atoms with van der Waals surface area (Å²) in [6.45, 7) is 2.61. The van der Waals surface area contributed by atoms with Gasteiger partial charge in [0.2, 0.25) is 0 Å². The maximum absolute atomic E-state index is 11.6. The van der Waals surface area contributed by atoms with E-state index in [4.69, 9.17) is 0 Å². The Morgan fingerprint density at radius 3 is 2.63 bits per heavy atom. The number of aliphatic hydroxyl groups is 1. The number of hydrogen-bond acceptors (Lipinski definition) is 6. The number of hydrogen-bond donors (Lipinski definition) is 3. The molecular weight excluding hydrogens is 368 g/mol.